The van der Waals surface area contributed by atoms with Crippen LogP contribution in [0.1, 0.15) is 91.9 Å². The van der Waals surface area contributed by atoms with Crippen LogP contribution >= 0.6 is 0 Å². The third-order valence-corrected chi connectivity index (χ3v) is 8.03. The summed E-state index contributed by atoms with van der Waals surface area (Å²) in [4.78, 5) is 65.7. The number of carbonyl (C=O) groups is 5. The molecule has 10 nitrogen and oxygen atoms in total. The van der Waals surface area contributed by atoms with Gasteiger partial charge in [0.25, 0.3) is 5.91 Å². The molecule has 39 heavy (non-hydrogen) atoms. The first-order valence-corrected chi connectivity index (χ1v) is 13.8. The molecular weight excluding hydrogens is 514 g/mol. The molecule has 12 heteroatoms. The predicted molar refractivity (Wildman–Crippen MR) is 138 cm³/mol. The van der Waals surface area contributed by atoms with Crippen molar-refractivity contribution in [2.75, 3.05) is 6.54 Å². The molecule has 3 fully saturated rings. The normalized spacial score (nSPS) is 22.6. The lowest BCUT2D eigenvalue weighted by Gasteiger charge is -2.36. The van der Waals surface area contributed by atoms with Gasteiger partial charge in [-0.25, -0.2) is 13.6 Å². The van der Waals surface area contributed by atoms with Gasteiger partial charge in [0.2, 0.25) is 23.5 Å². The van der Waals surface area contributed by atoms with Gasteiger partial charge in [-0.15, -0.1) is 0 Å². The van der Waals surface area contributed by atoms with Crippen LogP contribution in [0.15, 0.2) is 0 Å². The van der Waals surface area contributed by atoms with Crippen LogP contribution in [-0.4, -0.2) is 76.2 Å². The summed E-state index contributed by atoms with van der Waals surface area (Å²) in [5, 5.41) is 16.7. The van der Waals surface area contributed by atoms with E-state index in [0.717, 1.165) is 44.9 Å². The molecule has 4 N–H and O–H groups in total. The lowest BCUT2D eigenvalue weighted by molar-refractivity contribution is -0.144. The van der Waals surface area contributed by atoms with E-state index in [-0.39, 0.29) is 18.0 Å². The quantitative estimate of drug-likeness (QED) is 0.305. The Labute approximate surface area is 228 Å². The van der Waals surface area contributed by atoms with Gasteiger partial charge in [-0.2, -0.15) is 0 Å². The second kappa shape index (κ2) is 11.8. The molecule has 3 unspecified atom stereocenters. The van der Waals surface area contributed by atoms with Gasteiger partial charge in [-0.3, -0.25) is 19.2 Å². The molecule has 1 heterocycles. The van der Waals surface area contributed by atoms with Gasteiger partial charge in [0.15, 0.2) is 0 Å². The number of ketones is 1. The van der Waals surface area contributed by atoms with Crippen molar-refractivity contribution in [1.29, 1.82) is 0 Å². The Balaban J connectivity index is 1.86. The molecule has 0 aromatic heterocycles. The Bertz CT molecular complexity index is 966. The molecule has 1 spiro atoms. The summed E-state index contributed by atoms with van der Waals surface area (Å²) in [7, 11) is 0. The van der Waals surface area contributed by atoms with Crippen molar-refractivity contribution in [3.63, 3.8) is 0 Å². The van der Waals surface area contributed by atoms with Crippen LogP contribution in [0.3, 0.4) is 0 Å². The van der Waals surface area contributed by atoms with Crippen molar-refractivity contribution in [1.82, 2.24) is 20.9 Å². The maximum Gasteiger partial charge on any atom is 0.405 e. The molecule has 220 valence electrons. The minimum Gasteiger partial charge on any atom is -0.465 e. The first kappa shape index (κ1) is 30.7. The highest BCUT2D eigenvalue weighted by atomic mass is 19.3. The van der Waals surface area contributed by atoms with Gasteiger partial charge in [0.1, 0.15) is 12.1 Å². The van der Waals surface area contributed by atoms with E-state index in [1.165, 1.54) is 4.90 Å². The minimum atomic E-state index is -3.11. The van der Waals surface area contributed by atoms with Crippen molar-refractivity contribution in [2.24, 2.45) is 10.8 Å². The second-order valence-electron chi connectivity index (χ2n) is 12.8. The molecule has 1 saturated heterocycles. The van der Waals surface area contributed by atoms with Crippen LogP contribution in [0.5, 0.6) is 0 Å². The lowest BCUT2D eigenvalue weighted by atomic mass is 9.72. The maximum atomic E-state index is 13.8. The SMILES string of the molecule is CC(F)(F)CCC(NC(=O)C1CC2(CCCCC2)CN1C(=O)C(NC(=O)O)C(C)(C)C)C(=O)C(=O)NC1CC1. The van der Waals surface area contributed by atoms with E-state index in [4.69, 9.17) is 0 Å². The fourth-order valence-corrected chi connectivity index (χ4v) is 5.70. The standard InChI is InChI=1S/C27H42F2N4O6/c1-25(2,3)20(32-24(38)39)23(37)33-15-27(11-6-5-7-12-27)14-18(33)21(35)31-17(10-13-26(4,28)29)19(34)22(36)30-16-8-9-16/h16-18,20,32H,5-15H2,1-4H3,(H,30,36)(H,31,35)(H,38,39). The van der Waals surface area contributed by atoms with E-state index >= 15 is 0 Å². The average molecular weight is 557 g/mol. The van der Waals surface area contributed by atoms with E-state index in [1.54, 1.807) is 20.8 Å². The Morgan fingerprint density at radius 1 is 1.00 bits per heavy atom. The predicted octanol–water partition coefficient (Wildman–Crippen LogP) is 2.99. The number of hydrogen-bond acceptors (Lipinski definition) is 5. The van der Waals surface area contributed by atoms with Gasteiger partial charge in [0.05, 0.1) is 6.04 Å². The zero-order chi connectivity index (χ0) is 29.2. The first-order valence-electron chi connectivity index (χ1n) is 13.8. The molecule has 1 aliphatic heterocycles. The van der Waals surface area contributed by atoms with Crippen LogP contribution in [0, 0.1) is 10.8 Å². The third-order valence-electron chi connectivity index (χ3n) is 8.03. The van der Waals surface area contributed by atoms with E-state index in [9.17, 15) is 37.9 Å². The number of rotatable bonds is 10. The number of carboxylic acid groups (broad SMARTS) is 1. The van der Waals surface area contributed by atoms with Crippen LogP contribution in [0.25, 0.3) is 0 Å². The van der Waals surface area contributed by atoms with Crippen LogP contribution in [0.2, 0.25) is 0 Å². The zero-order valence-electron chi connectivity index (χ0n) is 23.3. The molecule has 0 aromatic rings. The van der Waals surface area contributed by atoms with Crippen LogP contribution in [0.4, 0.5) is 13.6 Å². The molecule has 2 saturated carbocycles. The largest absolute Gasteiger partial charge is 0.465 e. The average Bonchev–Trinajstić information content (AvgIpc) is 3.57. The summed E-state index contributed by atoms with van der Waals surface area (Å²) in [6.45, 7) is 6.10. The molecule has 3 atom stereocenters. The van der Waals surface area contributed by atoms with Gasteiger partial charge >= 0.3 is 6.09 Å². The maximum absolute atomic E-state index is 13.8. The van der Waals surface area contributed by atoms with Gasteiger partial charge < -0.3 is 26.0 Å². The highest BCUT2D eigenvalue weighted by Gasteiger charge is 2.51. The summed E-state index contributed by atoms with van der Waals surface area (Å²) < 4.78 is 27.4. The number of Topliss-reactive ketones (excluding diaryl/α,β-unsaturated/α-hetero) is 1. The van der Waals surface area contributed by atoms with E-state index in [2.05, 4.69) is 16.0 Å². The van der Waals surface area contributed by atoms with Crippen molar-refractivity contribution in [3.8, 4) is 0 Å². The van der Waals surface area contributed by atoms with Gasteiger partial charge in [0, 0.05) is 19.0 Å². The lowest BCUT2D eigenvalue weighted by Crippen LogP contribution is -2.59. The number of amides is 4. The summed E-state index contributed by atoms with van der Waals surface area (Å²) in [6.07, 6.45) is 3.72. The molecule has 2 aliphatic carbocycles. The van der Waals surface area contributed by atoms with Gasteiger partial charge in [-0.05, 0) is 56.3 Å². The minimum absolute atomic E-state index is 0.129. The highest BCUT2D eigenvalue weighted by Crippen LogP contribution is 2.47. The number of nitrogens with zero attached hydrogens (tertiary/aromatic N) is 1. The highest BCUT2D eigenvalue weighted by molar-refractivity contribution is 6.38. The fourth-order valence-electron chi connectivity index (χ4n) is 5.70. The fraction of sp³-hybridized carbons (Fsp3) is 0.815. The Morgan fingerprint density at radius 3 is 2.13 bits per heavy atom. The van der Waals surface area contributed by atoms with Crippen molar-refractivity contribution < 1.29 is 37.9 Å². The van der Waals surface area contributed by atoms with Crippen LogP contribution in [-0.2, 0) is 19.2 Å². The smallest absolute Gasteiger partial charge is 0.405 e. The summed E-state index contributed by atoms with van der Waals surface area (Å²) in [6, 6.07) is -3.77. The molecule has 0 radical (unpaired) electrons. The van der Waals surface area contributed by atoms with Crippen molar-refractivity contribution in [2.45, 2.75) is 122 Å². The number of hydrogen-bond donors (Lipinski definition) is 4. The monoisotopic (exact) mass is 556 g/mol. The Morgan fingerprint density at radius 2 is 1.62 bits per heavy atom. The number of halogens is 2. The zero-order valence-corrected chi connectivity index (χ0v) is 23.3. The van der Waals surface area contributed by atoms with Crippen molar-refractivity contribution in [3.05, 3.63) is 0 Å². The number of nitrogens with one attached hydrogen (secondary N) is 3. The third kappa shape index (κ3) is 8.35. The van der Waals surface area contributed by atoms with Crippen LogP contribution < -0.4 is 16.0 Å². The first-order chi connectivity index (χ1) is 18.0. The molecule has 3 rings (SSSR count). The summed E-state index contributed by atoms with van der Waals surface area (Å²) >= 11 is 0. The van der Waals surface area contributed by atoms with E-state index in [1.807, 2.05) is 0 Å². The molecule has 4 amide bonds. The van der Waals surface area contributed by atoms with Crippen molar-refractivity contribution >= 4 is 29.6 Å². The molecule has 3 aliphatic rings. The molecule has 0 aromatic carbocycles. The van der Waals surface area contributed by atoms with E-state index in [0.29, 0.717) is 13.3 Å². The number of likely N-dealkylation sites (tertiary alicyclic amines) is 1. The Kier molecular flexibility index (Phi) is 9.27. The molecular formula is C27H42F2N4O6. The Hall–Kier alpha value is -2.79. The second-order valence-corrected chi connectivity index (χ2v) is 12.8. The van der Waals surface area contributed by atoms with E-state index < -0.39 is 71.9 Å². The summed E-state index contributed by atoms with van der Waals surface area (Å²) in [5.41, 5.74) is -1.13. The number of carbonyl (C=O) groups excluding carboxylic acids is 4. The summed E-state index contributed by atoms with van der Waals surface area (Å²) in [5.74, 6) is -6.29. The topological polar surface area (TPSA) is 145 Å². The number of alkyl halides is 2. The van der Waals surface area contributed by atoms with Gasteiger partial charge in [-0.1, -0.05) is 40.0 Å². The molecule has 0 bridgehead atoms.